The molecule has 1 fully saturated rings. The van der Waals surface area contributed by atoms with Crippen molar-refractivity contribution in [2.24, 2.45) is 5.41 Å². The molecule has 1 aliphatic heterocycles. The van der Waals surface area contributed by atoms with Gasteiger partial charge in [0.1, 0.15) is 5.75 Å². The zero-order chi connectivity index (χ0) is 14.0. The van der Waals surface area contributed by atoms with E-state index in [1.807, 2.05) is 19.2 Å². The highest BCUT2D eigenvalue weighted by Crippen LogP contribution is 2.34. The molecule has 3 heteroatoms. The van der Waals surface area contributed by atoms with Gasteiger partial charge in [-0.2, -0.15) is 0 Å². The molecule has 0 aliphatic carbocycles. The third-order valence-electron chi connectivity index (χ3n) is 4.40. The zero-order valence-corrected chi connectivity index (χ0v) is 12.5. The lowest BCUT2D eigenvalue weighted by Crippen LogP contribution is -2.37. The second-order valence-corrected chi connectivity index (χ2v) is 6.40. The second kappa shape index (κ2) is 5.41. The Morgan fingerprint density at radius 3 is 2.42 bits per heavy atom. The Kier molecular flexibility index (Phi) is 4.04. The number of benzene rings is 1. The summed E-state index contributed by atoms with van der Waals surface area (Å²) in [6.45, 7) is 8.87. The number of piperidine rings is 1. The van der Waals surface area contributed by atoms with Crippen LogP contribution in [0.15, 0.2) is 18.2 Å². The molecular weight excluding hydrogens is 236 g/mol. The average Bonchev–Trinajstić information content (AvgIpc) is 2.37. The van der Waals surface area contributed by atoms with Gasteiger partial charge in [-0.15, -0.1) is 0 Å². The first-order valence-corrected chi connectivity index (χ1v) is 7.18. The van der Waals surface area contributed by atoms with Crippen LogP contribution in [0, 0.1) is 5.41 Å². The second-order valence-electron chi connectivity index (χ2n) is 6.40. The maximum absolute atomic E-state index is 10.2. The molecule has 3 nitrogen and oxygen atoms in total. The molecule has 0 aromatic heterocycles. The van der Waals surface area contributed by atoms with Crippen LogP contribution in [0.2, 0.25) is 0 Å². The van der Waals surface area contributed by atoms with Gasteiger partial charge in [-0.25, -0.2) is 0 Å². The van der Waals surface area contributed by atoms with Crippen LogP contribution in [0.5, 0.6) is 5.75 Å². The molecule has 2 N–H and O–H groups in total. The SMILES string of the molecule is CNC(C)c1ccc(N2CCC(C)(C)CC2)cc1O. The number of aromatic hydroxyl groups is 1. The van der Waals surface area contributed by atoms with E-state index in [1.165, 1.54) is 12.8 Å². The highest BCUT2D eigenvalue weighted by atomic mass is 16.3. The first-order valence-electron chi connectivity index (χ1n) is 7.18. The molecule has 0 radical (unpaired) electrons. The molecule has 0 amide bonds. The molecule has 1 aliphatic rings. The summed E-state index contributed by atoms with van der Waals surface area (Å²) in [6, 6.07) is 6.24. The summed E-state index contributed by atoms with van der Waals surface area (Å²) >= 11 is 0. The van der Waals surface area contributed by atoms with Crippen molar-refractivity contribution in [3.05, 3.63) is 23.8 Å². The van der Waals surface area contributed by atoms with E-state index in [0.717, 1.165) is 24.3 Å². The Labute approximate surface area is 116 Å². The van der Waals surface area contributed by atoms with Crippen LogP contribution >= 0.6 is 0 Å². The van der Waals surface area contributed by atoms with Crippen LogP contribution in [0.3, 0.4) is 0 Å². The molecule has 0 spiro atoms. The van der Waals surface area contributed by atoms with Gasteiger partial charge in [0, 0.05) is 36.4 Å². The third-order valence-corrected chi connectivity index (χ3v) is 4.40. The quantitative estimate of drug-likeness (QED) is 0.877. The van der Waals surface area contributed by atoms with Crippen molar-refractivity contribution in [1.29, 1.82) is 0 Å². The lowest BCUT2D eigenvalue weighted by Gasteiger charge is -2.38. The molecule has 1 aromatic carbocycles. The average molecular weight is 262 g/mol. The number of phenolic OH excluding ortho intramolecular Hbond substituents is 1. The molecular formula is C16H26N2O. The minimum atomic E-state index is 0.175. The number of hydrogen-bond donors (Lipinski definition) is 2. The summed E-state index contributed by atoms with van der Waals surface area (Å²) in [6.07, 6.45) is 2.42. The lowest BCUT2D eigenvalue weighted by atomic mass is 9.82. The fraction of sp³-hybridized carbons (Fsp3) is 0.625. The molecule has 2 rings (SSSR count). The first kappa shape index (κ1) is 14.2. The molecule has 1 heterocycles. The summed E-state index contributed by atoms with van der Waals surface area (Å²) in [5, 5.41) is 13.3. The topological polar surface area (TPSA) is 35.5 Å². The van der Waals surface area contributed by atoms with Gasteiger partial charge in [0.2, 0.25) is 0 Å². The van der Waals surface area contributed by atoms with E-state index < -0.39 is 0 Å². The van der Waals surface area contributed by atoms with Gasteiger partial charge in [0.25, 0.3) is 0 Å². The predicted octanol–water partition coefficient (Wildman–Crippen LogP) is 3.30. The molecule has 1 unspecified atom stereocenters. The zero-order valence-electron chi connectivity index (χ0n) is 12.5. The third kappa shape index (κ3) is 3.21. The standard InChI is InChI=1S/C16H26N2O/c1-12(17-4)14-6-5-13(11-15(14)19)18-9-7-16(2,3)8-10-18/h5-6,11-12,17,19H,7-10H2,1-4H3. The van der Waals surface area contributed by atoms with Crippen molar-refractivity contribution in [3.8, 4) is 5.75 Å². The van der Waals surface area contributed by atoms with Gasteiger partial charge in [-0.05, 0) is 38.3 Å². The summed E-state index contributed by atoms with van der Waals surface area (Å²) in [5.74, 6) is 0.393. The van der Waals surface area contributed by atoms with Crippen molar-refractivity contribution in [2.75, 3.05) is 25.0 Å². The normalized spacial score (nSPS) is 20.3. The van der Waals surface area contributed by atoms with Crippen LogP contribution < -0.4 is 10.2 Å². The summed E-state index contributed by atoms with van der Waals surface area (Å²) in [5.41, 5.74) is 2.56. The minimum Gasteiger partial charge on any atom is -0.508 e. The van der Waals surface area contributed by atoms with Crippen LogP contribution in [-0.4, -0.2) is 25.2 Å². The lowest BCUT2D eigenvalue weighted by molar-refractivity contribution is 0.280. The number of nitrogens with zero attached hydrogens (tertiary/aromatic N) is 1. The van der Waals surface area contributed by atoms with E-state index in [9.17, 15) is 5.11 Å². The van der Waals surface area contributed by atoms with Gasteiger partial charge in [0.15, 0.2) is 0 Å². The van der Waals surface area contributed by atoms with Crippen molar-refractivity contribution < 1.29 is 5.11 Å². The van der Waals surface area contributed by atoms with Crippen molar-refractivity contribution in [3.63, 3.8) is 0 Å². The fourth-order valence-electron chi connectivity index (χ4n) is 2.62. The smallest absolute Gasteiger partial charge is 0.122 e. The maximum Gasteiger partial charge on any atom is 0.122 e. The van der Waals surface area contributed by atoms with Gasteiger partial charge in [-0.3, -0.25) is 0 Å². The highest BCUT2D eigenvalue weighted by Gasteiger charge is 2.25. The molecule has 106 valence electrons. The van der Waals surface area contributed by atoms with Gasteiger partial charge in [0.05, 0.1) is 0 Å². The summed E-state index contributed by atoms with van der Waals surface area (Å²) in [7, 11) is 1.91. The number of nitrogens with one attached hydrogen (secondary N) is 1. The predicted molar refractivity (Wildman–Crippen MR) is 80.8 cm³/mol. The van der Waals surface area contributed by atoms with E-state index in [2.05, 4.69) is 37.1 Å². The van der Waals surface area contributed by atoms with Crippen molar-refractivity contribution in [2.45, 2.75) is 39.7 Å². The van der Waals surface area contributed by atoms with Crippen molar-refractivity contribution >= 4 is 5.69 Å². The number of phenols is 1. The Morgan fingerprint density at radius 1 is 1.26 bits per heavy atom. The van der Waals surface area contributed by atoms with Gasteiger partial charge >= 0.3 is 0 Å². The largest absolute Gasteiger partial charge is 0.508 e. The van der Waals surface area contributed by atoms with Crippen LogP contribution in [0.25, 0.3) is 0 Å². The van der Waals surface area contributed by atoms with Crippen molar-refractivity contribution in [1.82, 2.24) is 5.32 Å². The summed E-state index contributed by atoms with van der Waals surface area (Å²) in [4.78, 5) is 2.37. The molecule has 0 bridgehead atoms. The van der Waals surface area contributed by atoms with E-state index >= 15 is 0 Å². The monoisotopic (exact) mass is 262 g/mol. The molecule has 1 aromatic rings. The Bertz CT molecular complexity index is 432. The molecule has 0 saturated carbocycles. The molecule has 1 atom stereocenters. The van der Waals surface area contributed by atoms with Gasteiger partial charge in [-0.1, -0.05) is 19.9 Å². The van der Waals surface area contributed by atoms with E-state index in [0.29, 0.717) is 11.2 Å². The molecule has 19 heavy (non-hydrogen) atoms. The number of anilines is 1. The van der Waals surface area contributed by atoms with Gasteiger partial charge < -0.3 is 15.3 Å². The number of rotatable bonds is 3. The Balaban J connectivity index is 2.12. The maximum atomic E-state index is 10.2. The van der Waals surface area contributed by atoms with E-state index in [4.69, 9.17) is 0 Å². The fourth-order valence-corrected chi connectivity index (χ4v) is 2.62. The van der Waals surface area contributed by atoms with E-state index in [1.54, 1.807) is 0 Å². The first-order chi connectivity index (χ1) is 8.93. The Hall–Kier alpha value is -1.22. The van der Waals surface area contributed by atoms with Crippen LogP contribution in [0.1, 0.15) is 45.2 Å². The minimum absolute atomic E-state index is 0.175. The Morgan fingerprint density at radius 2 is 1.89 bits per heavy atom. The van der Waals surface area contributed by atoms with Crippen LogP contribution in [-0.2, 0) is 0 Å². The van der Waals surface area contributed by atoms with E-state index in [-0.39, 0.29) is 6.04 Å². The summed E-state index contributed by atoms with van der Waals surface area (Å²) < 4.78 is 0. The van der Waals surface area contributed by atoms with Crippen LogP contribution in [0.4, 0.5) is 5.69 Å². The molecule has 1 saturated heterocycles. The number of hydrogen-bond acceptors (Lipinski definition) is 3. The highest BCUT2D eigenvalue weighted by molar-refractivity contribution is 5.54.